The van der Waals surface area contributed by atoms with Crippen LogP contribution in [-0.4, -0.2) is 69.0 Å². The van der Waals surface area contributed by atoms with Gasteiger partial charge in [-0.05, 0) is 43.2 Å². The molecule has 0 aliphatic carbocycles. The van der Waals surface area contributed by atoms with Crippen molar-refractivity contribution in [2.24, 2.45) is 0 Å². The predicted molar refractivity (Wildman–Crippen MR) is 130 cm³/mol. The number of carbonyl (C=O) groups excluding carboxylic acids is 1. The second-order valence-electron chi connectivity index (χ2n) is 7.95. The molecule has 0 atom stereocenters. The molecule has 33 heavy (non-hydrogen) atoms. The highest BCUT2D eigenvalue weighted by Gasteiger charge is 2.23. The van der Waals surface area contributed by atoms with E-state index < -0.39 is 16.4 Å². The zero-order chi connectivity index (χ0) is 24.0. The number of hydrogen-bond donors (Lipinski definition) is 1. The SMILES string of the molecule is CC(=O)N(CCN1CCC(Oc2ccc(Cl)c(Cl)c2)CC1)c1cccc(S(=O)(=O)CCO)c1. The lowest BCUT2D eigenvalue weighted by Gasteiger charge is -2.33. The van der Waals surface area contributed by atoms with Crippen LogP contribution in [-0.2, 0) is 14.6 Å². The molecule has 1 amide bonds. The highest BCUT2D eigenvalue weighted by molar-refractivity contribution is 7.91. The minimum absolute atomic E-state index is 0.0795. The first kappa shape index (κ1) is 25.8. The summed E-state index contributed by atoms with van der Waals surface area (Å²) in [5.74, 6) is 0.182. The largest absolute Gasteiger partial charge is 0.490 e. The molecule has 0 spiro atoms. The number of amides is 1. The lowest BCUT2D eigenvalue weighted by atomic mass is 10.1. The Morgan fingerprint density at radius 3 is 2.52 bits per heavy atom. The Balaban J connectivity index is 1.56. The Morgan fingerprint density at radius 2 is 1.88 bits per heavy atom. The first-order valence-corrected chi connectivity index (χ1v) is 13.2. The molecular weight excluding hydrogens is 487 g/mol. The van der Waals surface area contributed by atoms with Crippen LogP contribution in [0.3, 0.4) is 0 Å². The number of piperidine rings is 1. The van der Waals surface area contributed by atoms with Gasteiger partial charge in [-0.1, -0.05) is 29.3 Å². The van der Waals surface area contributed by atoms with E-state index in [-0.39, 0.29) is 22.7 Å². The highest BCUT2D eigenvalue weighted by Crippen LogP contribution is 2.28. The first-order chi connectivity index (χ1) is 15.7. The van der Waals surface area contributed by atoms with Crippen molar-refractivity contribution in [3.8, 4) is 5.75 Å². The van der Waals surface area contributed by atoms with E-state index in [0.717, 1.165) is 25.9 Å². The van der Waals surface area contributed by atoms with E-state index in [1.807, 2.05) is 0 Å². The van der Waals surface area contributed by atoms with Gasteiger partial charge in [0.2, 0.25) is 5.91 Å². The van der Waals surface area contributed by atoms with Gasteiger partial charge in [0, 0.05) is 44.9 Å². The van der Waals surface area contributed by atoms with Crippen LogP contribution in [0.4, 0.5) is 5.69 Å². The zero-order valence-electron chi connectivity index (χ0n) is 18.4. The number of aliphatic hydroxyl groups is 1. The third-order valence-corrected chi connectivity index (χ3v) is 8.03. The van der Waals surface area contributed by atoms with Crippen molar-refractivity contribution in [1.29, 1.82) is 0 Å². The van der Waals surface area contributed by atoms with Crippen LogP contribution < -0.4 is 9.64 Å². The summed E-state index contributed by atoms with van der Waals surface area (Å²) >= 11 is 12.0. The smallest absolute Gasteiger partial charge is 0.223 e. The van der Waals surface area contributed by atoms with E-state index in [9.17, 15) is 13.2 Å². The highest BCUT2D eigenvalue weighted by atomic mass is 35.5. The second-order valence-corrected chi connectivity index (χ2v) is 10.9. The molecule has 1 saturated heterocycles. The van der Waals surface area contributed by atoms with Gasteiger partial charge in [0.15, 0.2) is 9.84 Å². The predicted octanol–water partition coefficient (Wildman–Crippen LogP) is 3.66. The van der Waals surface area contributed by atoms with Crippen LogP contribution >= 0.6 is 23.2 Å². The fraction of sp³-hybridized carbons (Fsp3) is 0.435. The van der Waals surface area contributed by atoms with E-state index in [4.69, 9.17) is 33.0 Å². The molecule has 7 nitrogen and oxygen atoms in total. The van der Waals surface area contributed by atoms with Crippen molar-refractivity contribution in [2.45, 2.75) is 30.8 Å². The summed E-state index contributed by atoms with van der Waals surface area (Å²) in [6.45, 7) is 3.76. The van der Waals surface area contributed by atoms with Crippen molar-refractivity contribution in [3.63, 3.8) is 0 Å². The molecular formula is C23H28Cl2N2O5S. The van der Waals surface area contributed by atoms with Crippen LogP contribution in [0.15, 0.2) is 47.4 Å². The molecule has 0 saturated carbocycles. The maximum Gasteiger partial charge on any atom is 0.223 e. The average Bonchev–Trinajstić information content (AvgIpc) is 2.77. The number of hydrogen-bond acceptors (Lipinski definition) is 6. The minimum atomic E-state index is -3.59. The normalized spacial score (nSPS) is 15.4. The molecule has 2 aromatic rings. The Hall–Kier alpha value is -1.84. The standard InChI is InChI=1S/C23H28Cl2N2O5S/c1-17(29)27(18-3-2-4-21(15-18)33(30,31)14-13-28)12-11-26-9-7-19(8-10-26)32-20-5-6-22(24)23(25)16-20/h2-6,15-16,19,28H,7-14H2,1H3. The van der Waals surface area contributed by atoms with Gasteiger partial charge >= 0.3 is 0 Å². The number of halogens is 2. The molecule has 1 heterocycles. The Kier molecular flexibility index (Phi) is 9.01. The monoisotopic (exact) mass is 514 g/mol. The molecule has 1 fully saturated rings. The minimum Gasteiger partial charge on any atom is -0.490 e. The fourth-order valence-corrected chi connectivity index (χ4v) is 5.14. The van der Waals surface area contributed by atoms with E-state index in [1.54, 1.807) is 35.2 Å². The fourth-order valence-electron chi connectivity index (χ4n) is 3.79. The number of likely N-dealkylation sites (tertiary alicyclic amines) is 1. The molecule has 0 bridgehead atoms. The summed E-state index contributed by atoms with van der Waals surface area (Å²) < 4.78 is 30.6. The zero-order valence-corrected chi connectivity index (χ0v) is 20.7. The van der Waals surface area contributed by atoms with Gasteiger partial charge in [-0.15, -0.1) is 0 Å². The van der Waals surface area contributed by atoms with Crippen LogP contribution in [0.25, 0.3) is 0 Å². The van der Waals surface area contributed by atoms with Crippen molar-refractivity contribution in [1.82, 2.24) is 4.90 Å². The van der Waals surface area contributed by atoms with Crippen molar-refractivity contribution in [2.75, 3.05) is 43.4 Å². The van der Waals surface area contributed by atoms with Gasteiger partial charge in [0.1, 0.15) is 11.9 Å². The third-order valence-electron chi connectivity index (χ3n) is 5.60. The molecule has 1 aliphatic heterocycles. The maximum absolute atomic E-state index is 12.3. The number of carbonyl (C=O) groups is 1. The van der Waals surface area contributed by atoms with Crippen molar-refractivity contribution in [3.05, 3.63) is 52.5 Å². The summed E-state index contributed by atoms with van der Waals surface area (Å²) in [4.78, 5) is 16.2. The lowest BCUT2D eigenvalue weighted by Crippen LogP contribution is -2.43. The number of ether oxygens (including phenoxy) is 1. The number of rotatable bonds is 9. The van der Waals surface area contributed by atoms with Gasteiger partial charge in [0.05, 0.1) is 27.3 Å². The average molecular weight is 515 g/mol. The Labute approximate surface area is 204 Å². The van der Waals surface area contributed by atoms with Crippen LogP contribution in [0.1, 0.15) is 19.8 Å². The molecule has 0 radical (unpaired) electrons. The van der Waals surface area contributed by atoms with Crippen LogP contribution in [0, 0.1) is 0 Å². The number of benzene rings is 2. The topological polar surface area (TPSA) is 87.2 Å². The van der Waals surface area contributed by atoms with Crippen LogP contribution in [0.2, 0.25) is 10.0 Å². The number of sulfone groups is 1. The van der Waals surface area contributed by atoms with Gasteiger partial charge in [-0.25, -0.2) is 8.42 Å². The number of anilines is 1. The van der Waals surface area contributed by atoms with Crippen molar-refractivity contribution < 1.29 is 23.1 Å². The van der Waals surface area contributed by atoms with E-state index in [1.165, 1.54) is 19.1 Å². The molecule has 1 N–H and O–H groups in total. The summed E-state index contributed by atoms with van der Waals surface area (Å²) in [5.41, 5.74) is 0.527. The summed E-state index contributed by atoms with van der Waals surface area (Å²) in [5, 5.41) is 9.97. The van der Waals surface area contributed by atoms with Gasteiger partial charge in [-0.3, -0.25) is 4.79 Å². The molecule has 0 aromatic heterocycles. The summed E-state index contributed by atoms with van der Waals surface area (Å²) in [6, 6.07) is 11.5. The van der Waals surface area contributed by atoms with Gasteiger partial charge < -0.3 is 19.6 Å². The molecule has 180 valence electrons. The molecule has 1 aliphatic rings. The van der Waals surface area contributed by atoms with Gasteiger partial charge in [0.25, 0.3) is 0 Å². The second kappa shape index (κ2) is 11.5. The molecule has 0 unspecified atom stereocenters. The van der Waals surface area contributed by atoms with Crippen molar-refractivity contribution >= 4 is 44.6 Å². The van der Waals surface area contributed by atoms with E-state index >= 15 is 0 Å². The molecule has 10 heteroatoms. The van der Waals surface area contributed by atoms with E-state index in [2.05, 4.69) is 4.90 Å². The Bertz CT molecular complexity index is 1070. The number of nitrogens with zero attached hydrogens (tertiary/aromatic N) is 2. The lowest BCUT2D eigenvalue weighted by molar-refractivity contribution is -0.116. The molecule has 2 aromatic carbocycles. The van der Waals surface area contributed by atoms with Crippen LogP contribution in [0.5, 0.6) is 5.75 Å². The van der Waals surface area contributed by atoms with Gasteiger partial charge in [-0.2, -0.15) is 0 Å². The summed E-state index contributed by atoms with van der Waals surface area (Å²) in [7, 11) is -3.59. The van der Waals surface area contributed by atoms with E-state index in [0.29, 0.717) is 34.6 Å². The third kappa shape index (κ3) is 7.07. The maximum atomic E-state index is 12.3. The summed E-state index contributed by atoms with van der Waals surface area (Å²) in [6.07, 6.45) is 1.76. The Morgan fingerprint density at radius 1 is 1.15 bits per heavy atom. The first-order valence-electron chi connectivity index (χ1n) is 10.8. The quantitative estimate of drug-likeness (QED) is 0.549. The molecule has 3 rings (SSSR count). The number of aliphatic hydroxyl groups excluding tert-OH is 1.